The predicted octanol–water partition coefficient (Wildman–Crippen LogP) is 3.89. The summed E-state index contributed by atoms with van der Waals surface area (Å²) >= 11 is 0. The van der Waals surface area contributed by atoms with E-state index in [0.29, 0.717) is 18.8 Å². The van der Waals surface area contributed by atoms with Crippen LogP contribution in [0.3, 0.4) is 0 Å². The van der Waals surface area contributed by atoms with E-state index in [-0.39, 0.29) is 5.56 Å². The quantitative estimate of drug-likeness (QED) is 0.886. The van der Waals surface area contributed by atoms with Crippen molar-refractivity contribution in [3.63, 3.8) is 0 Å². The number of halogens is 3. The molecular formula is C14H18F3NO. The van der Waals surface area contributed by atoms with Gasteiger partial charge < -0.3 is 5.11 Å². The van der Waals surface area contributed by atoms with E-state index in [0.717, 1.165) is 37.7 Å². The highest BCUT2D eigenvalue weighted by Crippen LogP contribution is 2.44. The molecule has 0 atom stereocenters. The average molecular weight is 273 g/mol. The van der Waals surface area contributed by atoms with Crippen molar-refractivity contribution in [3.05, 3.63) is 29.6 Å². The molecule has 1 heterocycles. The number of nitrogens with zero attached hydrogens (tertiary/aromatic N) is 1. The smallest absolute Gasteiger partial charge is 0.385 e. The highest BCUT2D eigenvalue weighted by molar-refractivity contribution is 5.32. The van der Waals surface area contributed by atoms with Crippen LogP contribution in [-0.2, 0) is 11.8 Å². The molecule has 1 saturated carbocycles. The number of aliphatic hydroxyl groups is 1. The lowest BCUT2D eigenvalue weighted by atomic mass is 9.74. The van der Waals surface area contributed by atoms with Gasteiger partial charge in [-0.1, -0.05) is 13.3 Å². The molecule has 0 aromatic carbocycles. The maximum Gasteiger partial charge on any atom is 0.416 e. The first-order chi connectivity index (χ1) is 8.87. The van der Waals surface area contributed by atoms with E-state index in [4.69, 9.17) is 0 Å². The maximum absolute atomic E-state index is 13.0. The summed E-state index contributed by atoms with van der Waals surface area (Å²) in [5.74, 6) is 0.506. The van der Waals surface area contributed by atoms with Crippen molar-refractivity contribution >= 4 is 0 Å². The molecule has 106 valence electrons. The lowest BCUT2D eigenvalue weighted by Crippen LogP contribution is -2.33. The van der Waals surface area contributed by atoms with Crippen molar-refractivity contribution in [1.82, 2.24) is 4.98 Å². The monoisotopic (exact) mass is 273 g/mol. The van der Waals surface area contributed by atoms with E-state index >= 15 is 0 Å². The predicted molar refractivity (Wildman–Crippen MR) is 65.4 cm³/mol. The van der Waals surface area contributed by atoms with Gasteiger partial charge in [-0.15, -0.1) is 0 Å². The van der Waals surface area contributed by atoms with Crippen molar-refractivity contribution < 1.29 is 18.3 Å². The van der Waals surface area contributed by atoms with Gasteiger partial charge in [0.1, 0.15) is 0 Å². The Labute approximate surface area is 110 Å². The van der Waals surface area contributed by atoms with E-state index in [1.165, 1.54) is 0 Å². The molecule has 1 fully saturated rings. The SMILES string of the molecule is CCC1CCC(O)(c2cnccc2C(F)(F)F)CC1. The molecule has 0 saturated heterocycles. The van der Waals surface area contributed by atoms with Gasteiger partial charge in [-0.25, -0.2) is 0 Å². The van der Waals surface area contributed by atoms with E-state index < -0.39 is 17.3 Å². The Morgan fingerprint density at radius 2 is 2.00 bits per heavy atom. The molecule has 1 aromatic rings. The van der Waals surface area contributed by atoms with Crippen molar-refractivity contribution in [2.75, 3.05) is 0 Å². The number of hydrogen-bond donors (Lipinski definition) is 1. The summed E-state index contributed by atoms with van der Waals surface area (Å²) in [6.45, 7) is 2.07. The molecule has 0 unspecified atom stereocenters. The van der Waals surface area contributed by atoms with Gasteiger partial charge in [0.05, 0.1) is 11.2 Å². The molecule has 2 nitrogen and oxygen atoms in total. The van der Waals surface area contributed by atoms with Gasteiger partial charge in [0.25, 0.3) is 0 Å². The first-order valence-electron chi connectivity index (χ1n) is 6.61. The molecule has 5 heteroatoms. The van der Waals surface area contributed by atoms with Crippen LogP contribution < -0.4 is 0 Å². The van der Waals surface area contributed by atoms with Gasteiger partial charge in [-0.2, -0.15) is 13.2 Å². The number of hydrogen-bond acceptors (Lipinski definition) is 2. The third-order valence-corrected chi connectivity index (χ3v) is 4.14. The molecule has 0 spiro atoms. The number of rotatable bonds is 2. The first kappa shape index (κ1) is 14.3. The third kappa shape index (κ3) is 2.91. The molecule has 0 aliphatic heterocycles. The van der Waals surface area contributed by atoms with Gasteiger partial charge in [0, 0.05) is 18.0 Å². The van der Waals surface area contributed by atoms with Crippen molar-refractivity contribution in [2.45, 2.75) is 50.8 Å². The van der Waals surface area contributed by atoms with Crippen LogP contribution in [0.5, 0.6) is 0 Å². The Bertz CT molecular complexity index is 437. The van der Waals surface area contributed by atoms with E-state index in [1.54, 1.807) is 0 Å². The molecule has 1 aliphatic carbocycles. The molecule has 1 N–H and O–H groups in total. The fourth-order valence-corrected chi connectivity index (χ4v) is 2.85. The molecule has 0 radical (unpaired) electrons. The molecule has 19 heavy (non-hydrogen) atoms. The Balaban J connectivity index is 2.32. The fraction of sp³-hybridized carbons (Fsp3) is 0.643. The maximum atomic E-state index is 13.0. The average Bonchev–Trinajstić information content (AvgIpc) is 2.39. The standard InChI is InChI=1S/C14H18F3NO/c1-2-10-3-6-13(19,7-4-10)12-9-18-8-5-11(12)14(15,16)17/h5,8-10,19H,2-4,6-7H2,1H3. The fourth-order valence-electron chi connectivity index (χ4n) is 2.85. The number of pyridine rings is 1. The summed E-state index contributed by atoms with van der Waals surface area (Å²) in [5, 5.41) is 10.6. The normalized spacial score (nSPS) is 28.4. The molecule has 0 amide bonds. The van der Waals surface area contributed by atoms with Crippen LogP contribution in [0, 0.1) is 5.92 Å². The lowest BCUT2D eigenvalue weighted by molar-refractivity contribution is -0.141. The zero-order chi connectivity index (χ0) is 14.1. The second kappa shape index (κ2) is 5.12. The molecule has 1 aromatic heterocycles. The lowest BCUT2D eigenvalue weighted by Gasteiger charge is -2.37. The van der Waals surface area contributed by atoms with Crippen molar-refractivity contribution in [1.29, 1.82) is 0 Å². The van der Waals surface area contributed by atoms with E-state index in [1.807, 2.05) is 0 Å². The Kier molecular flexibility index (Phi) is 3.85. The Hall–Kier alpha value is -1.10. The molecule has 0 bridgehead atoms. The van der Waals surface area contributed by atoms with Gasteiger partial charge in [0.2, 0.25) is 0 Å². The van der Waals surface area contributed by atoms with Crippen LogP contribution >= 0.6 is 0 Å². The summed E-state index contributed by atoms with van der Waals surface area (Å²) < 4.78 is 38.9. The summed E-state index contributed by atoms with van der Waals surface area (Å²) in [7, 11) is 0. The second-order valence-electron chi connectivity index (χ2n) is 5.30. The minimum atomic E-state index is -4.45. The summed E-state index contributed by atoms with van der Waals surface area (Å²) in [5.41, 5.74) is -2.22. The van der Waals surface area contributed by atoms with Crippen LogP contribution in [0.4, 0.5) is 13.2 Å². The minimum absolute atomic E-state index is 0.0722. The summed E-state index contributed by atoms with van der Waals surface area (Å²) in [4.78, 5) is 3.76. The van der Waals surface area contributed by atoms with Crippen molar-refractivity contribution in [2.24, 2.45) is 5.92 Å². The molecular weight excluding hydrogens is 255 g/mol. The number of alkyl halides is 3. The Morgan fingerprint density at radius 1 is 1.37 bits per heavy atom. The molecule has 2 rings (SSSR count). The Morgan fingerprint density at radius 3 is 2.53 bits per heavy atom. The van der Waals surface area contributed by atoms with Crippen molar-refractivity contribution in [3.8, 4) is 0 Å². The first-order valence-corrected chi connectivity index (χ1v) is 6.61. The molecule has 1 aliphatic rings. The topological polar surface area (TPSA) is 33.1 Å². The third-order valence-electron chi connectivity index (χ3n) is 4.14. The largest absolute Gasteiger partial charge is 0.416 e. The summed E-state index contributed by atoms with van der Waals surface area (Å²) in [6, 6.07) is 0.944. The highest BCUT2D eigenvalue weighted by atomic mass is 19.4. The van der Waals surface area contributed by atoms with E-state index in [9.17, 15) is 18.3 Å². The van der Waals surface area contributed by atoms with Crippen LogP contribution in [0.2, 0.25) is 0 Å². The second-order valence-corrected chi connectivity index (χ2v) is 5.30. The van der Waals surface area contributed by atoms with Gasteiger partial charge in [-0.3, -0.25) is 4.98 Å². The van der Waals surface area contributed by atoms with E-state index in [2.05, 4.69) is 11.9 Å². The van der Waals surface area contributed by atoms with Crippen LogP contribution in [0.15, 0.2) is 18.5 Å². The summed E-state index contributed by atoms with van der Waals surface area (Å²) in [6.07, 6.45) is 1.12. The van der Waals surface area contributed by atoms with Crippen LogP contribution in [0.25, 0.3) is 0 Å². The highest BCUT2D eigenvalue weighted by Gasteiger charge is 2.42. The van der Waals surface area contributed by atoms with Crippen LogP contribution in [0.1, 0.15) is 50.2 Å². The van der Waals surface area contributed by atoms with Gasteiger partial charge in [0.15, 0.2) is 0 Å². The number of aromatic nitrogens is 1. The zero-order valence-electron chi connectivity index (χ0n) is 10.9. The van der Waals surface area contributed by atoms with Gasteiger partial charge in [-0.05, 0) is 37.7 Å². The minimum Gasteiger partial charge on any atom is -0.385 e. The zero-order valence-corrected chi connectivity index (χ0v) is 10.9. The van der Waals surface area contributed by atoms with Crippen LogP contribution in [-0.4, -0.2) is 10.1 Å². The van der Waals surface area contributed by atoms with Gasteiger partial charge >= 0.3 is 6.18 Å².